The fraction of sp³-hybridized carbons (Fsp3) is 0.133. The van der Waals surface area contributed by atoms with Crippen molar-refractivity contribution in [2.75, 3.05) is 12.4 Å². The fourth-order valence-electron chi connectivity index (χ4n) is 1.72. The standard InChI is InChI=1S/C15H12Br2N2O/c1-20-15-7-14(12(16)6-13(15)17)19-9-11-4-2-10(8-18)3-5-11/h2-7,19H,9H2,1H3. The van der Waals surface area contributed by atoms with Crippen LogP contribution in [0.4, 0.5) is 5.69 Å². The van der Waals surface area contributed by atoms with Crippen LogP contribution in [0.15, 0.2) is 45.3 Å². The van der Waals surface area contributed by atoms with Gasteiger partial charge in [-0.1, -0.05) is 12.1 Å². The number of nitriles is 1. The van der Waals surface area contributed by atoms with Gasteiger partial charge in [-0.15, -0.1) is 0 Å². The maximum atomic E-state index is 8.77. The molecule has 2 rings (SSSR count). The molecule has 0 aromatic heterocycles. The monoisotopic (exact) mass is 394 g/mol. The van der Waals surface area contributed by atoms with E-state index in [1.54, 1.807) is 7.11 Å². The van der Waals surface area contributed by atoms with Crippen molar-refractivity contribution in [1.82, 2.24) is 0 Å². The van der Waals surface area contributed by atoms with Crippen molar-refractivity contribution in [2.24, 2.45) is 0 Å². The van der Waals surface area contributed by atoms with Crippen LogP contribution < -0.4 is 10.1 Å². The van der Waals surface area contributed by atoms with E-state index in [1.807, 2.05) is 36.4 Å². The lowest BCUT2D eigenvalue weighted by atomic mass is 10.1. The van der Waals surface area contributed by atoms with Crippen LogP contribution in [0.25, 0.3) is 0 Å². The first-order valence-electron chi connectivity index (χ1n) is 5.90. The molecule has 5 heteroatoms. The van der Waals surface area contributed by atoms with E-state index < -0.39 is 0 Å². The van der Waals surface area contributed by atoms with Crippen LogP contribution >= 0.6 is 31.9 Å². The van der Waals surface area contributed by atoms with Gasteiger partial charge >= 0.3 is 0 Å². The lowest BCUT2D eigenvalue weighted by molar-refractivity contribution is 0.412. The van der Waals surface area contributed by atoms with E-state index in [4.69, 9.17) is 10.00 Å². The summed E-state index contributed by atoms with van der Waals surface area (Å²) >= 11 is 6.96. The quantitative estimate of drug-likeness (QED) is 0.815. The van der Waals surface area contributed by atoms with Gasteiger partial charge in [0.15, 0.2) is 0 Å². The molecule has 0 radical (unpaired) electrons. The molecule has 0 saturated heterocycles. The van der Waals surface area contributed by atoms with Gasteiger partial charge in [-0.05, 0) is 55.6 Å². The molecule has 0 fully saturated rings. The maximum absolute atomic E-state index is 8.77. The predicted octanol–water partition coefficient (Wildman–Crippen LogP) is 4.70. The van der Waals surface area contributed by atoms with Gasteiger partial charge in [-0.3, -0.25) is 0 Å². The Labute approximate surface area is 134 Å². The highest BCUT2D eigenvalue weighted by atomic mass is 79.9. The normalized spacial score (nSPS) is 9.90. The molecule has 0 heterocycles. The molecule has 0 bridgehead atoms. The molecule has 0 unspecified atom stereocenters. The number of hydrogen-bond donors (Lipinski definition) is 1. The minimum absolute atomic E-state index is 0.667. The second-order valence-electron chi connectivity index (χ2n) is 4.13. The van der Waals surface area contributed by atoms with Crippen LogP contribution in [-0.4, -0.2) is 7.11 Å². The molecule has 2 aromatic carbocycles. The minimum atomic E-state index is 0.667. The molecule has 0 aliphatic carbocycles. The van der Waals surface area contributed by atoms with E-state index in [0.29, 0.717) is 12.1 Å². The van der Waals surface area contributed by atoms with Gasteiger partial charge in [0, 0.05) is 17.1 Å². The molecule has 0 amide bonds. The molecule has 0 aliphatic heterocycles. The number of hydrogen-bond acceptors (Lipinski definition) is 3. The molecular weight excluding hydrogens is 384 g/mol. The predicted molar refractivity (Wildman–Crippen MR) is 86.9 cm³/mol. The third-order valence-corrected chi connectivity index (χ3v) is 4.08. The Morgan fingerprint density at radius 3 is 2.45 bits per heavy atom. The van der Waals surface area contributed by atoms with Gasteiger partial charge in [0.2, 0.25) is 0 Å². The Morgan fingerprint density at radius 1 is 1.15 bits per heavy atom. The zero-order valence-corrected chi connectivity index (χ0v) is 14.0. The lowest BCUT2D eigenvalue weighted by Gasteiger charge is -2.12. The summed E-state index contributed by atoms with van der Waals surface area (Å²) in [5.41, 5.74) is 2.73. The van der Waals surface area contributed by atoms with Crippen molar-refractivity contribution in [3.8, 4) is 11.8 Å². The number of nitrogens with one attached hydrogen (secondary N) is 1. The van der Waals surface area contributed by atoms with Crippen molar-refractivity contribution in [2.45, 2.75) is 6.54 Å². The third kappa shape index (κ3) is 3.53. The highest BCUT2D eigenvalue weighted by Gasteiger charge is 2.07. The largest absolute Gasteiger partial charge is 0.495 e. The van der Waals surface area contributed by atoms with Crippen molar-refractivity contribution >= 4 is 37.5 Å². The Morgan fingerprint density at radius 2 is 1.85 bits per heavy atom. The Balaban J connectivity index is 2.12. The summed E-state index contributed by atoms with van der Waals surface area (Å²) in [6.07, 6.45) is 0. The first kappa shape index (κ1) is 14.9. The van der Waals surface area contributed by atoms with Crippen LogP contribution in [-0.2, 0) is 6.54 Å². The van der Waals surface area contributed by atoms with Gasteiger partial charge in [0.25, 0.3) is 0 Å². The summed E-state index contributed by atoms with van der Waals surface area (Å²) in [4.78, 5) is 0. The second-order valence-corrected chi connectivity index (χ2v) is 5.84. The van der Waals surface area contributed by atoms with Crippen molar-refractivity contribution in [1.29, 1.82) is 5.26 Å². The zero-order valence-electron chi connectivity index (χ0n) is 10.8. The average Bonchev–Trinajstić information content (AvgIpc) is 2.47. The molecular formula is C15H12Br2N2O. The smallest absolute Gasteiger partial charge is 0.135 e. The third-order valence-electron chi connectivity index (χ3n) is 2.81. The average molecular weight is 396 g/mol. The molecule has 0 aliphatic rings. The summed E-state index contributed by atoms with van der Waals surface area (Å²) in [5.74, 6) is 0.774. The molecule has 0 atom stereocenters. The molecule has 1 N–H and O–H groups in total. The van der Waals surface area contributed by atoms with Gasteiger partial charge in [-0.25, -0.2) is 0 Å². The van der Waals surface area contributed by atoms with Crippen LogP contribution in [0, 0.1) is 11.3 Å². The summed E-state index contributed by atoms with van der Waals surface area (Å²) in [7, 11) is 1.64. The van der Waals surface area contributed by atoms with E-state index >= 15 is 0 Å². The van der Waals surface area contributed by atoms with Gasteiger partial charge in [-0.2, -0.15) is 5.26 Å². The van der Waals surface area contributed by atoms with E-state index in [9.17, 15) is 0 Å². The number of rotatable bonds is 4. The van der Waals surface area contributed by atoms with Gasteiger partial charge in [0.05, 0.1) is 28.9 Å². The maximum Gasteiger partial charge on any atom is 0.135 e. The van der Waals surface area contributed by atoms with Crippen LogP contribution in [0.1, 0.15) is 11.1 Å². The highest BCUT2D eigenvalue weighted by molar-refractivity contribution is 9.11. The van der Waals surface area contributed by atoms with Gasteiger partial charge in [0.1, 0.15) is 5.75 Å². The van der Waals surface area contributed by atoms with E-state index in [-0.39, 0.29) is 0 Å². The van der Waals surface area contributed by atoms with Crippen molar-refractivity contribution in [3.63, 3.8) is 0 Å². The molecule has 0 spiro atoms. The van der Waals surface area contributed by atoms with Crippen LogP contribution in [0.3, 0.4) is 0 Å². The van der Waals surface area contributed by atoms with E-state index in [2.05, 4.69) is 43.2 Å². The fourth-order valence-corrected chi connectivity index (χ4v) is 3.01. The van der Waals surface area contributed by atoms with Crippen molar-refractivity contribution in [3.05, 3.63) is 56.5 Å². The van der Waals surface area contributed by atoms with E-state index in [1.165, 1.54) is 0 Å². The Hall–Kier alpha value is -1.51. The molecule has 102 valence electrons. The number of anilines is 1. The minimum Gasteiger partial charge on any atom is -0.495 e. The Kier molecular flexibility index (Phi) is 5.05. The number of nitrogens with zero attached hydrogens (tertiary/aromatic N) is 1. The molecule has 2 aromatic rings. The topological polar surface area (TPSA) is 45.0 Å². The first-order valence-corrected chi connectivity index (χ1v) is 7.48. The first-order chi connectivity index (χ1) is 9.63. The van der Waals surface area contributed by atoms with Gasteiger partial charge < -0.3 is 10.1 Å². The highest BCUT2D eigenvalue weighted by Crippen LogP contribution is 2.34. The SMILES string of the molecule is COc1cc(NCc2ccc(C#N)cc2)c(Br)cc1Br. The zero-order chi connectivity index (χ0) is 14.5. The molecule has 3 nitrogen and oxygen atoms in total. The number of methoxy groups -OCH3 is 1. The van der Waals surface area contributed by atoms with Crippen molar-refractivity contribution < 1.29 is 4.74 Å². The number of benzene rings is 2. The lowest BCUT2D eigenvalue weighted by Crippen LogP contribution is -2.00. The van der Waals surface area contributed by atoms with Crippen LogP contribution in [0.2, 0.25) is 0 Å². The summed E-state index contributed by atoms with van der Waals surface area (Å²) in [6, 6.07) is 13.5. The summed E-state index contributed by atoms with van der Waals surface area (Å²) in [6.45, 7) is 0.676. The number of ether oxygens (including phenoxy) is 1. The van der Waals surface area contributed by atoms with Crippen LogP contribution in [0.5, 0.6) is 5.75 Å². The summed E-state index contributed by atoms with van der Waals surface area (Å²) < 4.78 is 7.14. The Bertz CT molecular complexity index is 648. The summed E-state index contributed by atoms with van der Waals surface area (Å²) in [5, 5.41) is 12.1. The molecule has 20 heavy (non-hydrogen) atoms. The van der Waals surface area contributed by atoms with E-state index in [0.717, 1.165) is 25.9 Å². The number of halogens is 2. The second kappa shape index (κ2) is 6.78. The molecule has 0 saturated carbocycles.